The van der Waals surface area contributed by atoms with Crippen LogP contribution in [0.4, 0.5) is 0 Å². The van der Waals surface area contributed by atoms with Gasteiger partial charge in [0.2, 0.25) is 5.91 Å². The summed E-state index contributed by atoms with van der Waals surface area (Å²) >= 11 is 0. The van der Waals surface area contributed by atoms with E-state index in [9.17, 15) is 15.0 Å². The van der Waals surface area contributed by atoms with Crippen molar-refractivity contribution in [2.24, 2.45) is 29.1 Å². The fourth-order valence-corrected chi connectivity index (χ4v) is 8.51. The smallest absolute Gasteiger partial charge is 0.240 e. The number of nitrogens with zero attached hydrogens (tertiary/aromatic N) is 3. The van der Waals surface area contributed by atoms with Gasteiger partial charge in [0.25, 0.3) is 0 Å². The van der Waals surface area contributed by atoms with Gasteiger partial charge >= 0.3 is 0 Å². The van der Waals surface area contributed by atoms with Crippen LogP contribution in [0, 0.1) is 29.1 Å². The lowest BCUT2D eigenvalue weighted by atomic mass is 9.45. The van der Waals surface area contributed by atoms with E-state index < -0.39 is 24.2 Å². The number of likely N-dealkylation sites (N-methyl/N-ethyl adjacent to an activating group) is 1. The molecule has 3 aliphatic carbocycles. The number of fused-ring (bicyclic) bond motifs is 2. The van der Waals surface area contributed by atoms with Crippen molar-refractivity contribution >= 4 is 5.91 Å². The third-order valence-corrected chi connectivity index (χ3v) is 11.4. The molecule has 8 atom stereocenters. The summed E-state index contributed by atoms with van der Waals surface area (Å²) in [4.78, 5) is 25.0. The minimum absolute atomic E-state index is 0.109. The molecule has 3 N–H and O–H groups in total. The van der Waals surface area contributed by atoms with Crippen LogP contribution in [0.25, 0.3) is 0 Å². The first-order valence-corrected chi connectivity index (χ1v) is 17.5. The summed E-state index contributed by atoms with van der Waals surface area (Å²) in [6, 6.07) is 18.6. The molecule has 0 spiro atoms. The van der Waals surface area contributed by atoms with Gasteiger partial charge in [0.15, 0.2) is 0 Å². The Bertz CT molecular complexity index is 1270. The summed E-state index contributed by atoms with van der Waals surface area (Å²) in [5.74, 6) is 1.01. The molecule has 4 fully saturated rings. The minimum atomic E-state index is -0.804. The zero-order valence-corrected chi connectivity index (χ0v) is 28.9. The fourth-order valence-electron chi connectivity index (χ4n) is 8.51. The number of hydrogen-bond donors (Lipinski definition) is 3. The number of rotatable bonds is 15. The van der Waals surface area contributed by atoms with Gasteiger partial charge in [0, 0.05) is 31.6 Å². The topological polar surface area (TPSA) is 88.5 Å². The normalized spacial score (nSPS) is 29.6. The van der Waals surface area contributed by atoms with Crippen molar-refractivity contribution in [3.63, 3.8) is 0 Å². The maximum atomic E-state index is 14.0. The van der Waals surface area contributed by atoms with Crippen LogP contribution in [0.1, 0.15) is 63.6 Å². The predicted molar refractivity (Wildman–Crippen MR) is 183 cm³/mol. The average Bonchev–Trinajstić information content (AvgIpc) is 3.39. The van der Waals surface area contributed by atoms with E-state index in [1.54, 1.807) is 12.0 Å². The second kappa shape index (κ2) is 15.3. The van der Waals surface area contributed by atoms with E-state index in [1.807, 2.05) is 0 Å². The van der Waals surface area contributed by atoms with Crippen LogP contribution in [-0.4, -0.2) is 95.6 Å². The van der Waals surface area contributed by atoms with Crippen molar-refractivity contribution in [2.45, 2.75) is 90.8 Å². The van der Waals surface area contributed by atoms with E-state index >= 15 is 0 Å². The van der Waals surface area contributed by atoms with Gasteiger partial charge in [-0.25, -0.2) is 0 Å². The Kier molecular flexibility index (Phi) is 11.6. The van der Waals surface area contributed by atoms with Gasteiger partial charge in [0.05, 0.1) is 19.3 Å². The summed E-state index contributed by atoms with van der Waals surface area (Å²) < 4.78 is 0. The molecule has 3 saturated carbocycles. The van der Waals surface area contributed by atoms with Gasteiger partial charge in [-0.2, -0.15) is 5.06 Å². The Morgan fingerprint density at radius 1 is 1.04 bits per heavy atom. The molecule has 1 saturated heterocycles. The Balaban J connectivity index is 1.26. The van der Waals surface area contributed by atoms with E-state index in [0.29, 0.717) is 29.7 Å². The molecule has 0 radical (unpaired) electrons. The molecular weight excluding hydrogens is 576 g/mol. The monoisotopic (exact) mass is 634 g/mol. The number of carbonyl (C=O) groups is 1. The van der Waals surface area contributed by atoms with E-state index in [1.165, 1.54) is 17.5 Å². The first-order chi connectivity index (χ1) is 22.0. The van der Waals surface area contributed by atoms with Crippen molar-refractivity contribution in [1.82, 2.24) is 20.2 Å². The molecule has 1 aliphatic heterocycles. The Hall–Kier alpha value is -2.33. The first kappa shape index (κ1) is 35.0. The molecule has 46 heavy (non-hydrogen) atoms. The van der Waals surface area contributed by atoms with Crippen molar-refractivity contribution in [3.8, 4) is 0 Å². The third kappa shape index (κ3) is 8.03. The van der Waals surface area contributed by atoms with Gasteiger partial charge < -0.3 is 20.4 Å². The van der Waals surface area contributed by atoms with Crippen molar-refractivity contribution < 1.29 is 19.8 Å². The van der Waals surface area contributed by atoms with Gasteiger partial charge in [-0.3, -0.25) is 14.5 Å². The van der Waals surface area contributed by atoms with Crippen LogP contribution in [-0.2, 0) is 29.1 Å². The highest BCUT2D eigenvalue weighted by Crippen LogP contribution is 2.61. The summed E-state index contributed by atoms with van der Waals surface area (Å²) in [5, 5.41) is 26.1. The summed E-state index contributed by atoms with van der Waals surface area (Å²) in [6.07, 6.45) is 2.95. The molecule has 8 nitrogen and oxygen atoms in total. The van der Waals surface area contributed by atoms with Gasteiger partial charge in [-0.05, 0) is 93.1 Å². The van der Waals surface area contributed by atoms with Crippen LogP contribution in [0.5, 0.6) is 0 Å². The number of hydrogen-bond acceptors (Lipinski definition) is 7. The van der Waals surface area contributed by atoms with E-state index in [4.69, 9.17) is 4.84 Å². The predicted octanol–water partition coefficient (Wildman–Crippen LogP) is 4.34. The number of carbonyl (C=O) groups excluding carboxylic acids is 1. The lowest BCUT2D eigenvalue weighted by molar-refractivity contribution is -0.183. The van der Waals surface area contributed by atoms with Crippen LogP contribution < -0.4 is 5.32 Å². The lowest BCUT2D eigenvalue weighted by Gasteiger charge is -2.62. The number of aliphatic hydroxyl groups excluding tert-OH is 2. The number of aliphatic hydroxyl groups is 2. The van der Waals surface area contributed by atoms with E-state index in [2.05, 4.69) is 105 Å². The van der Waals surface area contributed by atoms with Crippen LogP contribution in [0.15, 0.2) is 54.6 Å². The summed E-state index contributed by atoms with van der Waals surface area (Å²) in [5.41, 5.74) is 3.97. The quantitative estimate of drug-likeness (QED) is 0.269. The van der Waals surface area contributed by atoms with Gasteiger partial charge in [-0.1, -0.05) is 75.4 Å². The van der Waals surface area contributed by atoms with Crippen LogP contribution in [0.3, 0.4) is 0 Å². The molecule has 4 aliphatic rings. The molecule has 0 aromatic heterocycles. The zero-order valence-electron chi connectivity index (χ0n) is 28.9. The molecule has 1 heterocycles. The molecule has 2 aromatic rings. The minimum Gasteiger partial charge on any atom is -0.394 e. The molecule has 254 valence electrons. The second-order valence-corrected chi connectivity index (χ2v) is 15.2. The first-order valence-electron chi connectivity index (χ1n) is 17.5. The van der Waals surface area contributed by atoms with Crippen molar-refractivity contribution in [2.75, 3.05) is 40.3 Å². The van der Waals surface area contributed by atoms with Crippen molar-refractivity contribution in [1.29, 1.82) is 0 Å². The number of hydroxylamine groups is 2. The number of benzene rings is 2. The van der Waals surface area contributed by atoms with Gasteiger partial charge in [0.1, 0.15) is 12.1 Å². The maximum Gasteiger partial charge on any atom is 0.240 e. The zero-order chi connectivity index (χ0) is 33.0. The number of amides is 1. The summed E-state index contributed by atoms with van der Waals surface area (Å²) in [6.45, 7) is 12.7. The molecule has 6 rings (SSSR count). The second-order valence-electron chi connectivity index (χ2n) is 15.2. The number of nitrogens with one attached hydrogen (secondary N) is 1. The average molecular weight is 635 g/mol. The molecule has 8 heteroatoms. The largest absolute Gasteiger partial charge is 0.394 e. The third-order valence-electron chi connectivity index (χ3n) is 11.4. The molecular formula is C38H58N4O4. The molecule has 1 amide bonds. The van der Waals surface area contributed by atoms with E-state index in [0.717, 1.165) is 51.0 Å². The summed E-state index contributed by atoms with van der Waals surface area (Å²) in [7, 11) is 4.23. The molecule has 2 bridgehead atoms. The Labute approximate surface area is 277 Å². The maximum absolute atomic E-state index is 14.0. The van der Waals surface area contributed by atoms with E-state index in [-0.39, 0.29) is 18.6 Å². The standard InChI is InChI=1S/C38H58N4O4/c1-26-32-21-31(38(32,3)4)22-33(26)39-37(45)36-35(27(2)44)34(25-43)46-42(36)24-30-15-10-14-29(20-30)23-41(19-18-40(5)6)17-11-16-28-12-8-7-9-13-28/h7-10,12-15,20,26-27,31-36,43-44H,11,16-19,21-25H2,1-6H3,(H,39,45)/t26-,27+,31?,32?,33+,34+,35-,36+/m1/s1. The highest BCUT2D eigenvalue weighted by atomic mass is 16.7. The molecule has 2 aromatic carbocycles. The van der Waals surface area contributed by atoms with Crippen LogP contribution >= 0.6 is 0 Å². The van der Waals surface area contributed by atoms with Gasteiger partial charge in [-0.15, -0.1) is 0 Å². The van der Waals surface area contributed by atoms with Crippen LogP contribution in [0.2, 0.25) is 0 Å². The molecule has 2 unspecified atom stereocenters. The lowest BCUT2D eigenvalue weighted by Crippen LogP contribution is -2.62. The van der Waals surface area contributed by atoms with Crippen molar-refractivity contribution in [3.05, 3.63) is 71.3 Å². The number of aryl methyl sites for hydroxylation is 1. The fraction of sp³-hybridized carbons (Fsp3) is 0.658. The highest BCUT2D eigenvalue weighted by Gasteiger charge is 2.57. The highest BCUT2D eigenvalue weighted by molar-refractivity contribution is 5.82. The SMILES string of the molecule is C[C@H](O)[C@@H]1[C@H](CO)ON(Cc2cccc(CN(CCCc3ccccc3)CCN(C)C)c2)[C@@H]1C(=O)N[C@H]1CC2CC([C@H]1C)C2(C)C. The Morgan fingerprint density at radius 2 is 1.76 bits per heavy atom. The Morgan fingerprint density at radius 3 is 2.41 bits per heavy atom.